The molecule has 0 saturated heterocycles. The van der Waals surface area contributed by atoms with Crippen LogP contribution < -0.4 is 10.1 Å². The summed E-state index contributed by atoms with van der Waals surface area (Å²) in [6, 6.07) is 6.73. The number of amides is 1. The second kappa shape index (κ2) is 4.93. The van der Waals surface area contributed by atoms with Gasteiger partial charge in [0, 0.05) is 17.4 Å². The Balaban J connectivity index is 2.23. The molecule has 0 aliphatic heterocycles. The lowest BCUT2D eigenvalue weighted by Gasteiger charge is -2.09. The zero-order valence-electron chi connectivity index (χ0n) is 9.16. The molecule has 0 spiro atoms. The highest BCUT2D eigenvalue weighted by atomic mass is 35.5. The smallest absolute Gasteiger partial charge is 0.257 e. The molecule has 5 heteroatoms. The molecular formula is C12H11ClN2O2. The van der Waals surface area contributed by atoms with E-state index < -0.39 is 0 Å². The van der Waals surface area contributed by atoms with Crippen LogP contribution in [0.3, 0.4) is 0 Å². The normalized spacial score (nSPS) is 10.0. The number of nitrogens with one attached hydrogen (secondary N) is 2. The maximum Gasteiger partial charge on any atom is 0.257 e. The number of rotatable bonds is 3. The summed E-state index contributed by atoms with van der Waals surface area (Å²) in [5.74, 6) is 0.352. The van der Waals surface area contributed by atoms with Crippen LogP contribution in [0.15, 0.2) is 36.7 Å². The van der Waals surface area contributed by atoms with E-state index in [1.165, 1.54) is 7.11 Å². The number of carbonyl (C=O) groups excluding carboxylic acids is 1. The van der Waals surface area contributed by atoms with Crippen molar-refractivity contribution in [3.63, 3.8) is 0 Å². The van der Waals surface area contributed by atoms with Gasteiger partial charge in [-0.25, -0.2) is 0 Å². The molecule has 1 aromatic carbocycles. The van der Waals surface area contributed by atoms with Gasteiger partial charge in [-0.15, -0.1) is 0 Å². The van der Waals surface area contributed by atoms with Crippen molar-refractivity contribution >= 4 is 23.2 Å². The summed E-state index contributed by atoms with van der Waals surface area (Å²) in [6.07, 6.45) is 3.30. The molecule has 2 N–H and O–H groups in total. The molecule has 2 rings (SSSR count). The van der Waals surface area contributed by atoms with Crippen LogP contribution in [0.25, 0.3) is 0 Å². The third-order valence-corrected chi connectivity index (χ3v) is 2.50. The van der Waals surface area contributed by atoms with Gasteiger partial charge in [-0.05, 0) is 24.3 Å². The molecule has 1 aromatic heterocycles. The van der Waals surface area contributed by atoms with E-state index in [1.54, 1.807) is 36.7 Å². The van der Waals surface area contributed by atoms with Crippen LogP contribution in [-0.4, -0.2) is 18.0 Å². The van der Waals surface area contributed by atoms with Crippen LogP contribution in [0.2, 0.25) is 5.02 Å². The van der Waals surface area contributed by atoms with Gasteiger partial charge in [0.15, 0.2) is 0 Å². The van der Waals surface area contributed by atoms with Crippen molar-refractivity contribution in [3.05, 3.63) is 47.2 Å². The van der Waals surface area contributed by atoms with Crippen molar-refractivity contribution in [2.75, 3.05) is 12.4 Å². The summed E-state index contributed by atoms with van der Waals surface area (Å²) < 4.78 is 5.14. The molecule has 88 valence electrons. The summed E-state index contributed by atoms with van der Waals surface area (Å²) in [5, 5.41) is 3.27. The summed E-state index contributed by atoms with van der Waals surface area (Å²) in [6.45, 7) is 0. The Labute approximate surface area is 104 Å². The quantitative estimate of drug-likeness (QED) is 0.880. The lowest BCUT2D eigenvalue weighted by Crippen LogP contribution is -2.11. The van der Waals surface area contributed by atoms with Gasteiger partial charge in [0.05, 0.1) is 18.4 Å². The number of aromatic nitrogens is 1. The first-order valence-electron chi connectivity index (χ1n) is 4.98. The third-order valence-electron chi connectivity index (χ3n) is 2.27. The van der Waals surface area contributed by atoms with Crippen LogP contribution in [0.5, 0.6) is 5.75 Å². The largest absolute Gasteiger partial charge is 0.495 e. The average Bonchev–Trinajstić information content (AvgIpc) is 2.83. The Morgan fingerprint density at radius 3 is 2.88 bits per heavy atom. The third kappa shape index (κ3) is 2.60. The average molecular weight is 251 g/mol. The number of aromatic amines is 1. The Hall–Kier alpha value is -1.94. The number of hydrogen-bond donors (Lipinski definition) is 2. The first-order valence-corrected chi connectivity index (χ1v) is 5.36. The van der Waals surface area contributed by atoms with E-state index in [-0.39, 0.29) is 5.91 Å². The second-order valence-corrected chi connectivity index (χ2v) is 3.83. The van der Waals surface area contributed by atoms with E-state index in [0.717, 1.165) is 0 Å². The molecule has 1 heterocycles. The fourth-order valence-corrected chi connectivity index (χ4v) is 1.61. The van der Waals surface area contributed by atoms with Gasteiger partial charge < -0.3 is 15.0 Å². The van der Waals surface area contributed by atoms with Crippen LogP contribution in [0.4, 0.5) is 5.69 Å². The van der Waals surface area contributed by atoms with Crippen LogP contribution >= 0.6 is 11.6 Å². The highest BCUT2D eigenvalue weighted by molar-refractivity contribution is 6.31. The molecule has 0 saturated carbocycles. The van der Waals surface area contributed by atoms with E-state index in [9.17, 15) is 4.79 Å². The molecular weight excluding hydrogens is 240 g/mol. The predicted octanol–water partition coefficient (Wildman–Crippen LogP) is 2.93. The van der Waals surface area contributed by atoms with Crippen molar-refractivity contribution in [1.29, 1.82) is 0 Å². The van der Waals surface area contributed by atoms with Crippen LogP contribution in [0, 0.1) is 0 Å². The summed E-state index contributed by atoms with van der Waals surface area (Å²) >= 11 is 5.87. The molecule has 0 aliphatic carbocycles. The minimum atomic E-state index is -0.216. The van der Waals surface area contributed by atoms with Gasteiger partial charge in [0.1, 0.15) is 5.75 Å². The molecule has 0 bridgehead atoms. The molecule has 0 atom stereocenters. The topological polar surface area (TPSA) is 54.1 Å². The number of methoxy groups -OCH3 is 1. The van der Waals surface area contributed by atoms with Gasteiger partial charge in [0.2, 0.25) is 0 Å². The Bertz CT molecular complexity index is 523. The number of carbonyl (C=O) groups is 1. The van der Waals surface area contributed by atoms with Crippen molar-refractivity contribution < 1.29 is 9.53 Å². The standard InChI is InChI=1S/C12H11ClN2O2/c1-17-11-3-2-9(13)6-10(11)15-12(16)8-4-5-14-7-8/h2-7,14H,1H3,(H,15,16). The number of H-pyrrole nitrogens is 1. The minimum Gasteiger partial charge on any atom is -0.495 e. The SMILES string of the molecule is COc1ccc(Cl)cc1NC(=O)c1cc[nH]c1. The first kappa shape index (κ1) is 11.5. The zero-order valence-corrected chi connectivity index (χ0v) is 9.91. The van der Waals surface area contributed by atoms with Crippen molar-refractivity contribution in [3.8, 4) is 5.75 Å². The minimum absolute atomic E-state index is 0.216. The van der Waals surface area contributed by atoms with Gasteiger partial charge in [-0.1, -0.05) is 11.6 Å². The first-order chi connectivity index (χ1) is 8.20. The van der Waals surface area contributed by atoms with Gasteiger partial charge in [0.25, 0.3) is 5.91 Å². The molecule has 0 fully saturated rings. The molecule has 0 aliphatic rings. The Kier molecular flexibility index (Phi) is 3.35. The highest BCUT2D eigenvalue weighted by Crippen LogP contribution is 2.27. The van der Waals surface area contributed by atoms with E-state index >= 15 is 0 Å². The van der Waals surface area contributed by atoms with Gasteiger partial charge in [-0.2, -0.15) is 0 Å². The zero-order chi connectivity index (χ0) is 12.3. The number of hydrogen-bond acceptors (Lipinski definition) is 2. The summed E-state index contributed by atoms with van der Waals surface area (Å²) in [5.41, 5.74) is 1.10. The van der Waals surface area contributed by atoms with Crippen LogP contribution in [-0.2, 0) is 0 Å². The molecule has 0 radical (unpaired) electrons. The summed E-state index contributed by atoms with van der Waals surface area (Å²) in [7, 11) is 1.54. The van der Waals surface area contributed by atoms with Gasteiger partial charge in [-0.3, -0.25) is 4.79 Å². The molecule has 1 amide bonds. The summed E-state index contributed by atoms with van der Waals surface area (Å²) in [4.78, 5) is 14.6. The van der Waals surface area contributed by atoms with Crippen LogP contribution in [0.1, 0.15) is 10.4 Å². The second-order valence-electron chi connectivity index (χ2n) is 3.40. The fourth-order valence-electron chi connectivity index (χ4n) is 1.44. The Morgan fingerprint density at radius 2 is 2.24 bits per heavy atom. The maximum absolute atomic E-state index is 11.8. The number of anilines is 1. The predicted molar refractivity (Wildman–Crippen MR) is 66.7 cm³/mol. The van der Waals surface area contributed by atoms with E-state index in [4.69, 9.17) is 16.3 Å². The highest BCUT2D eigenvalue weighted by Gasteiger charge is 2.10. The van der Waals surface area contributed by atoms with Crippen molar-refractivity contribution in [2.45, 2.75) is 0 Å². The number of benzene rings is 1. The van der Waals surface area contributed by atoms with Crippen molar-refractivity contribution in [1.82, 2.24) is 4.98 Å². The lowest BCUT2D eigenvalue weighted by atomic mass is 10.2. The number of halogens is 1. The van der Waals surface area contributed by atoms with E-state index in [2.05, 4.69) is 10.3 Å². The number of ether oxygens (including phenoxy) is 1. The Morgan fingerprint density at radius 1 is 1.41 bits per heavy atom. The lowest BCUT2D eigenvalue weighted by molar-refractivity contribution is 0.102. The van der Waals surface area contributed by atoms with E-state index in [0.29, 0.717) is 22.0 Å². The van der Waals surface area contributed by atoms with E-state index in [1.807, 2.05) is 0 Å². The molecule has 0 unspecified atom stereocenters. The van der Waals surface area contributed by atoms with Gasteiger partial charge >= 0.3 is 0 Å². The van der Waals surface area contributed by atoms with Crippen molar-refractivity contribution in [2.24, 2.45) is 0 Å². The maximum atomic E-state index is 11.8. The molecule has 4 nitrogen and oxygen atoms in total. The monoisotopic (exact) mass is 250 g/mol. The fraction of sp³-hybridized carbons (Fsp3) is 0.0833. The molecule has 2 aromatic rings. The molecule has 17 heavy (non-hydrogen) atoms.